The molecule has 0 saturated carbocycles. The first-order valence-corrected chi connectivity index (χ1v) is 30.1. The average molecular weight is 967 g/mol. The molecular formula is C57H111N2O7P. The molecule has 3 atom stereocenters. The zero-order chi connectivity index (χ0) is 49.4. The fourth-order valence-corrected chi connectivity index (χ4v) is 9.12. The molecule has 0 aliphatic rings. The number of phosphoric acid groups is 1. The summed E-state index contributed by atoms with van der Waals surface area (Å²) in [7, 11) is 1.19. The van der Waals surface area contributed by atoms with E-state index in [4.69, 9.17) is 13.8 Å². The lowest BCUT2D eigenvalue weighted by Gasteiger charge is -2.30. The summed E-state index contributed by atoms with van der Waals surface area (Å²) in [6, 6.07) is -0.885. The quantitative estimate of drug-likeness (QED) is 0.0212. The maximum atomic E-state index is 13.5. The van der Waals surface area contributed by atoms with E-state index in [9.17, 15) is 19.0 Å². The van der Waals surface area contributed by atoms with Crippen molar-refractivity contribution in [3.63, 3.8) is 0 Å². The third kappa shape index (κ3) is 49.3. The second-order valence-electron chi connectivity index (χ2n) is 20.8. The number of hydrogen-bond donors (Lipinski definition) is 1. The number of unbranched alkanes of at least 4 members (excludes halogenated alkanes) is 34. The van der Waals surface area contributed by atoms with Crippen molar-refractivity contribution >= 4 is 19.7 Å². The van der Waals surface area contributed by atoms with Crippen molar-refractivity contribution in [3.05, 3.63) is 24.3 Å². The number of rotatable bonds is 52. The van der Waals surface area contributed by atoms with Crippen molar-refractivity contribution < 1.29 is 37.3 Å². The number of nitrogens with one attached hydrogen (secondary N) is 1. The van der Waals surface area contributed by atoms with Gasteiger partial charge in [0.25, 0.3) is 7.82 Å². The SMILES string of the molecule is CCCCCCCCC/C=C/CCCCCCCC(=O)NC(COP(=O)([O-])OCC[N+](C)(C)C)C(/C=C/CCCCCCCCCCC)OC(=O)CCCCCCCCCCCCCCCC. The summed E-state index contributed by atoms with van der Waals surface area (Å²) >= 11 is 0. The molecule has 0 aromatic heterocycles. The molecule has 0 saturated heterocycles. The van der Waals surface area contributed by atoms with E-state index in [1.54, 1.807) is 0 Å². The summed E-state index contributed by atoms with van der Waals surface area (Å²) < 4.78 is 30.2. The Kier molecular flexibility index (Phi) is 47.0. The molecule has 0 bridgehead atoms. The summed E-state index contributed by atoms with van der Waals surface area (Å²) in [5, 5.41) is 3.02. The van der Waals surface area contributed by atoms with E-state index in [0.29, 0.717) is 17.4 Å². The number of nitrogens with zero attached hydrogens (tertiary/aromatic N) is 1. The Morgan fingerprint density at radius 3 is 1.27 bits per heavy atom. The fraction of sp³-hybridized carbons (Fsp3) is 0.895. The monoisotopic (exact) mass is 967 g/mol. The molecule has 0 spiro atoms. The molecule has 1 N–H and O–H groups in total. The van der Waals surface area contributed by atoms with E-state index < -0.39 is 20.0 Å². The molecule has 0 aliphatic heterocycles. The Morgan fingerprint density at radius 1 is 0.507 bits per heavy atom. The molecule has 9 nitrogen and oxygen atoms in total. The number of carbonyl (C=O) groups excluding carboxylic acids is 2. The molecule has 0 fully saturated rings. The van der Waals surface area contributed by atoms with Gasteiger partial charge in [0.1, 0.15) is 19.3 Å². The Bertz CT molecular complexity index is 1210. The second kappa shape index (κ2) is 48.1. The molecule has 0 aromatic rings. The number of amides is 1. The van der Waals surface area contributed by atoms with Crippen LogP contribution in [0.15, 0.2) is 24.3 Å². The Morgan fingerprint density at radius 2 is 0.866 bits per heavy atom. The van der Waals surface area contributed by atoms with Crippen molar-refractivity contribution in [2.75, 3.05) is 40.9 Å². The van der Waals surface area contributed by atoms with Crippen LogP contribution in [0.3, 0.4) is 0 Å². The van der Waals surface area contributed by atoms with Gasteiger partial charge >= 0.3 is 5.97 Å². The summed E-state index contributed by atoms with van der Waals surface area (Å²) in [6.07, 6.45) is 54.2. The molecule has 3 unspecified atom stereocenters. The maximum Gasteiger partial charge on any atom is 0.306 e. The zero-order valence-corrected chi connectivity index (χ0v) is 46.0. The summed E-state index contributed by atoms with van der Waals surface area (Å²) in [5.41, 5.74) is 0. The Balaban J connectivity index is 5.31. The first-order valence-electron chi connectivity index (χ1n) is 28.6. The van der Waals surface area contributed by atoms with Crippen molar-refractivity contribution in [1.82, 2.24) is 5.32 Å². The van der Waals surface area contributed by atoms with Crippen LogP contribution in [0.2, 0.25) is 0 Å². The number of hydrogen-bond acceptors (Lipinski definition) is 7. The fourth-order valence-electron chi connectivity index (χ4n) is 8.40. The number of quaternary nitrogens is 1. The van der Waals surface area contributed by atoms with Gasteiger partial charge in [-0.15, -0.1) is 0 Å². The van der Waals surface area contributed by atoms with Crippen LogP contribution in [0.1, 0.15) is 278 Å². The van der Waals surface area contributed by atoms with Crippen molar-refractivity contribution in [1.29, 1.82) is 0 Å². The highest BCUT2D eigenvalue weighted by molar-refractivity contribution is 7.45. The molecule has 0 radical (unpaired) electrons. The van der Waals surface area contributed by atoms with Crippen LogP contribution in [-0.2, 0) is 27.9 Å². The Labute approximate surface area is 415 Å². The van der Waals surface area contributed by atoms with Crippen LogP contribution in [0.4, 0.5) is 0 Å². The van der Waals surface area contributed by atoms with E-state index in [1.807, 2.05) is 33.3 Å². The molecule has 0 aromatic carbocycles. The third-order valence-corrected chi connectivity index (χ3v) is 13.8. The van der Waals surface area contributed by atoms with Gasteiger partial charge in [0.15, 0.2) is 0 Å². The minimum absolute atomic E-state index is 0.0207. The standard InChI is InChI=1S/C57H111N2O7P/c1-7-10-13-16-19-22-25-27-29-30-31-34-37-40-43-46-49-56(60)58-54(53-65-67(62,63)64-52-51-59(4,5)6)55(48-45-42-39-36-33-24-21-18-15-12-9-3)66-57(61)50-47-44-41-38-35-32-28-26-23-20-17-14-11-8-2/h29-30,45,48,54-55H,7-28,31-44,46-47,49-53H2,1-6H3,(H-,58,60,62,63)/b30-29+,48-45+. The van der Waals surface area contributed by atoms with Gasteiger partial charge in [0, 0.05) is 12.8 Å². The number of likely N-dealkylation sites (N-methyl/N-ethyl adjacent to an activating group) is 1. The maximum absolute atomic E-state index is 13.5. The van der Waals surface area contributed by atoms with Crippen LogP contribution in [-0.4, -0.2) is 69.4 Å². The number of carbonyl (C=O) groups is 2. The molecule has 10 heteroatoms. The van der Waals surface area contributed by atoms with Gasteiger partial charge in [-0.05, 0) is 57.4 Å². The van der Waals surface area contributed by atoms with Gasteiger partial charge in [0.05, 0.1) is 33.8 Å². The van der Waals surface area contributed by atoms with E-state index in [-0.39, 0.29) is 31.5 Å². The van der Waals surface area contributed by atoms with Gasteiger partial charge in [-0.1, -0.05) is 232 Å². The molecule has 396 valence electrons. The smallest absolute Gasteiger partial charge is 0.306 e. The highest BCUT2D eigenvalue weighted by Crippen LogP contribution is 2.38. The summed E-state index contributed by atoms with van der Waals surface area (Å²) in [6.45, 7) is 6.85. The van der Waals surface area contributed by atoms with Gasteiger partial charge < -0.3 is 28.5 Å². The van der Waals surface area contributed by atoms with Crippen LogP contribution in [0.5, 0.6) is 0 Å². The predicted octanol–water partition coefficient (Wildman–Crippen LogP) is 16.4. The summed E-state index contributed by atoms with van der Waals surface area (Å²) in [4.78, 5) is 39.8. The minimum Gasteiger partial charge on any atom is -0.756 e. The molecule has 0 aliphatic carbocycles. The molecule has 1 amide bonds. The van der Waals surface area contributed by atoms with Crippen LogP contribution in [0.25, 0.3) is 0 Å². The second-order valence-corrected chi connectivity index (χ2v) is 22.2. The van der Waals surface area contributed by atoms with Crippen molar-refractivity contribution in [2.45, 2.75) is 290 Å². The van der Waals surface area contributed by atoms with Crippen LogP contribution < -0.4 is 10.2 Å². The largest absolute Gasteiger partial charge is 0.756 e. The topological polar surface area (TPSA) is 114 Å². The lowest BCUT2D eigenvalue weighted by Crippen LogP contribution is -2.47. The minimum atomic E-state index is -4.69. The van der Waals surface area contributed by atoms with E-state index in [2.05, 4.69) is 38.2 Å². The van der Waals surface area contributed by atoms with Crippen molar-refractivity contribution in [2.24, 2.45) is 0 Å². The lowest BCUT2D eigenvalue weighted by molar-refractivity contribution is -0.870. The normalized spacial score (nSPS) is 14.0. The number of ether oxygens (including phenoxy) is 1. The number of esters is 1. The van der Waals surface area contributed by atoms with Gasteiger partial charge in [0.2, 0.25) is 5.91 Å². The average Bonchev–Trinajstić information content (AvgIpc) is 3.28. The summed E-state index contributed by atoms with van der Waals surface area (Å²) in [5.74, 6) is -0.540. The van der Waals surface area contributed by atoms with E-state index in [1.165, 1.54) is 167 Å². The highest BCUT2D eigenvalue weighted by atomic mass is 31.2. The third-order valence-electron chi connectivity index (χ3n) is 12.9. The highest BCUT2D eigenvalue weighted by Gasteiger charge is 2.27. The predicted molar refractivity (Wildman–Crippen MR) is 284 cm³/mol. The molecule has 67 heavy (non-hydrogen) atoms. The lowest BCUT2D eigenvalue weighted by atomic mass is 10.0. The first kappa shape index (κ1) is 65.5. The van der Waals surface area contributed by atoms with E-state index in [0.717, 1.165) is 77.0 Å². The van der Waals surface area contributed by atoms with Crippen LogP contribution in [0, 0.1) is 0 Å². The van der Waals surface area contributed by atoms with Crippen molar-refractivity contribution in [3.8, 4) is 0 Å². The van der Waals surface area contributed by atoms with Gasteiger partial charge in [-0.2, -0.15) is 0 Å². The Hall–Kier alpha value is -1.51. The number of allylic oxidation sites excluding steroid dienone is 3. The number of phosphoric ester groups is 1. The van der Waals surface area contributed by atoms with E-state index >= 15 is 0 Å². The van der Waals surface area contributed by atoms with Gasteiger partial charge in [-0.25, -0.2) is 0 Å². The first-order chi connectivity index (χ1) is 32.4. The van der Waals surface area contributed by atoms with Crippen LogP contribution >= 0.6 is 7.82 Å². The molecule has 0 rings (SSSR count). The zero-order valence-electron chi connectivity index (χ0n) is 45.1. The molecular weight excluding hydrogens is 856 g/mol. The van der Waals surface area contributed by atoms with Gasteiger partial charge in [-0.3, -0.25) is 14.2 Å². The molecule has 0 heterocycles.